The third kappa shape index (κ3) is 6.16. The predicted molar refractivity (Wildman–Crippen MR) is 88.5 cm³/mol. The van der Waals surface area contributed by atoms with Crippen LogP contribution in [0.3, 0.4) is 0 Å². The van der Waals surface area contributed by atoms with Crippen molar-refractivity contribution in [3.05, 3.63) is 47.9 Å². The number of hydrogen-bond donors (Lipinski definition) is 0. The van der Waals surface area contributed by atoms with Gasteiger partial charge in [0.25, 0.3) is 0 Å². The molecule has 130 valence electrons. The van der Waals surface area contributed by atoms with Crippen LogP contribution < -0.4 is 9.47 Å². The third-order valence-electron chi connectivity index (χ3n) is 3.07. The zero-order valence-corrected chi connectivity index (χ0v) is 14.3. The van der Waals surface area contributed by atoms with E-state index in [1.165, 1.54) is 14.2 Å². The molecule has 24 heavy (non-hydrogen) atoms. The van der Waals surface area contributed by atoms with Gasteiger partial charge < -0.3 is 18.9 Å². The minimum atomic E-state index is -0.402. The molecule has 1 rings (SSSR count). The van der Waals surface area contributed by atoms with Crippen molar-refractivity contribution in [2.45, 2.75) is 26.7 Å². The fourth-order valence-electron chi connectivity index (χ4n) is 1.72. The number of carbonyl (C=O) groups is 2. The lowest BCUT2D eigenvalue weighted by atomic mass is 10.3. The summed E-state index contributed by atoms with van der Waals surface area (Å²) in [6.45, 7) is 3.52. The molecule has 0 unspecified atom stereocenters. The lowest BCUT2D eigenvalue weighted by molar-refractivity contribution is -0.141. The first-order valence-electron chi connectivity index (χ1n) is 7.42. The smallest absolute Gasteiger partial charge is 0.313 e. The van der Waals surface area contributed by atoms with Crippen LogP contribution in [0.2, 0.25) is 0 Å². The number of carbonyl (C=O) groups excluding carboxylic acids is 2. The average molecular weight is 334 g/mol. The van der Waals surface area contributed by atoms with E-state index in [4.69, 9.17) is 9.47 Å². The molecule has 0 saturated carbocycles. The summed E-state index contributed by atoms with van der Waals surface area (Å²) in [5.41, 5.74) is 0. The van der Waals surface area contributed by atoms with Crippen LogP contribution in [0.4, 0.5) is 0 Å². The van der Waals surface area contributed by atoms with Crippen LogP contribution >= 0.6 is 0 Å². The summed E-state index contributed by atoms with van der Waals surface area (Å²) in [5, 5.41) is 0. The minimum Gasteiger partial charge on any atom is -0.469 e. The Bertz CT molecular complexity index is 575. The molecule has 0 bridgehead atoms. The maximum Gasteiger partial charge on any atom is 0.313 e. The monoisotopic (exact) mass is 334 g/mol. The van der Waals surface area contributed by atoms with Crippen LogP contribution in [0.25, 0.3) is 0 Å². The topological polar surface area (TPSA) is 71.1 Å². The molecule has 0 amide bonds. The molecule has 1 aromatic rings. The Balaban J connectivity index is 2.91. The lowest BCUT2D eigenvalue weighted by Gasteiger charge is -2.15. The molecule has 6 heteroatoms. The Kier molecular flexibility index (Phi) is 8.11. The van der Waals surface area contributed by atoms with Gasteiger partial charge in [-0.3, -0.25) is 9.59 Å². The van der Waals surface area contributed by atoms with Crippen LogP contribution in [-0.2, 0) is 19.1 Å². The van der Waals surface area contributed by atoms with E-state index < -0.39 is 11.9 Å². The second kappa shape index (κ2) is 10.1. The Labute approximate surface area is 141 Å². The van der Waals surface area contributed by atoms with Crippen molar-refractivity contribution in [3.8, 4) is 11.5 Å². The number of rotatable bonds is 8. The maximum absolute atomic E-state index is 11.4. The molecule has 0 aliphatic heterocycles. The summed E-state index contributed by atoms with van der Waals surface area (Å²) >= 11 is 0. The number of methoxy groups -OCH3 is 2. The number of hydrogen-bond acceptors (Lipinski definition) is 6. The second-order valence-corrected chi connectivity index (χ2v) is 4.67. The molecular weight excluding hydrogens is 312 g/mol. The summed E-state index contributed by atoms with van der Waals surface area (Å²) in [6, 6.07) is 6.98. The fourth-order valence-corrected chi connectivity index (χ4v) is 1.72. The first-order valence-corrected chi connectivity index (χ1v) is 7.42. The molecule has 0 atom stereocenters. The summed E-state index contributed by atoms with van der Waals surface area (Å²) in [4.78, 5) is 22.8. The van der Waals surface area contributed by atoms with Gasteiger partial charge >= 0.3 is 11.9 Å². The molecule has 0 radical (unpaired) electrons. The molecular formula is C18H22O6. The zero-order valence-electron chi connectivity index (χ0n) is 14.3. The fraction of sp³-hybridized carbons (Fsp3) is 0.333. The molecule has 0 aromatic heterocycles. The quantitative estimate of drug-likeness (QED) is 0.536. The Morgan fingerprint density at radius 3 is 1.50 bits per heavy atom. The first-order chi connectivity index (χ1) is 11.5. The van der Waals surface area contributed by atoms with Crippen molar-refractivity contribution in [1.82, 2.24) is 0 Å². The highest BCUT2D eigenvalue weighted by Crippen LogP contribution is 2.31. The molecule has 0 spiro atoms. The molecule has 1 aromatic carbocycles. The van der Waals surface area contributed by atoms with Gasteiger partial charge in [0.1, 0.15) is 24.4 Å². The Morgan fingerprint density at radius 2 is 1.21 bits per heavy atom. The van der Waals surface area contributed by atoms with Crippen molar-refractivity contribution < 1.29 is 28.5 Å². The van der Waals surface area contributed by atoms with Crippen molar-refractivity contribution in [3.63, 3.8) is 0 Å². The summed E-state index contributed by atoms with van der Waals surface area (Å²) in [7, 11) is 2.63. The van der Waals surface area contributed by atoms with Gasteiger partial charge in [0, 0.05) is 0 Å². The van der Waals surface area contributed by atoms with E-state index in [0.717, 1.165) is 0 Å². The molecule has 0 saturated heterocycles. The molecule has 0 fully saturated rings. The van der Waals surface area contributed by atoms with Gasteiger partial charge in [-0.1, -0.05) is 12.1 Å². The predicted octanol–water partition coefficient (Wildman–Crippen LogP) is 3.38. The molecule has 0 aliphatic carbocycles. The van der Waals surface area contributed by atoms with E-state index in [0.29, 0.717) is 23.0 Å². The standard InChI is InChI=1S/C18H22O6/c1-5-13(11-17(19)21-3)23-15-9-7-8-10-16(15)24-14(6-2)12-18(20)22-4/h5-10H,11-12H2,1-4H3/b13-5-,14-6-. The van der Waals surface area contributed by atoms with Gasteiger partial charge in [0.2, 0.25) is 0 Å². The number of allylic oxidation sites excluding steroid dienone is 2. The molecule has 0 heterocycles. The largest absolute Gasteiger partial charge is 0.469 e. The number of esters is 2. The van der Waals surface area contributed by atoms with E-state index >= 15 is 0 Å². The highest BCUT2D eigenvalue weighted by Gasteiger charge is 2.14. The van der Waals surface area contributed by atoms with Crippen molar-refractivity contribution >= 4 is 11.9 Å². The SMILES string of the molecule is C/C=C(/CC(=O)OC)Oc1ccccc1O/C(=C\C)CC(=O)OC. The summed E-state index contributed by atoms with van der Waals surface area (Å²) < 4.78 is 20.7. The number of para-hydroxylation sites is 2. The van der Waals surface area contributed by atoms with Crippen LogP contribution in [0.1, 0.15) is 26.7 Å². The normalized spacial score (nSPS) is 11.7. The van der Waals surface area contributed by atoms with Gasteiger partial charge in [-0.05, 0) is 38.1 Å². The number of benzene rings is 1. The Hall–Kier alpha value is -2.76. The average Bonchev–Trinajstić information content (AvgIpc) is 2.61. The molecule has 6 nitrogen and oxygen atoms in total. The van der Waals surface area contributed by atoms with Gasteiger partial charge in [0.15, 0.2) is 11.5 Å². The zero-order chi connectivity index (χ0) is 17.9. The van der Waals surface area contributed by atoms with E-state index in [1.54, 1.807) is 50.3 Å². The van der Waals surface area contributed by atoms with Gasteiger partial charge in [-0.25, -0.2) is 0 Å². The molecule has 0 N–H and O–H groups in total. The van der Waals surface area contributed by atoms with Gasteiger partial charge in [0.05, 0.1) is 14.2 Å². The van der Waals surface area contributed by atoms with E-state index in [-0.39, 0.29) is 12.8 Å². The minimum absolute atomic E-state index is 0.0139. The van der Waals surface area contributed by atoms with Gasteiger partial charge in [-0.15, -0.1) is 0 Å². The Morgan fingerprint density at radius 1 is 0.833 bits per heavy atom. The van der Waals surface area contributed by atoms with E-state index in [9.17, 15) is 9.59 Å². The van der Waals surface area contributed by atoms with E-state index in [2.05, 4.69) is 9.47 Å². The second-order valence-electron chi connectivity index (χ2n) is 4.67. The van der Waals surface area contributed by atoms with Crippen molar-refractivity contribution in [1.29, 1.82) is 0 Å². The third-order valence-corrected chi connectivity index (χ3v) is 3.07. The van der Waals surface area contributed by atoms with Crippen LogP contribution in [0.5, 0.6) is 11.5 Å². The van der Waals surface area contributed by atoms with Crippen molar-refractivity contribution in [2.24, 2.45) is 0 Å². The highest BCUT2D eigenvalue weighted by molar-refractivity contribution is 5.72. The van der Waals surface area contributed by atoms with Crippen molar-refractivity contribution in [2.75, 3.05) is 14.2 Å². The van der Waals surface area contributed by atoms with Crippen LogP contribution in [0, 0.1) is 0 Å². The summed E-state index contributed by atoms with van der Waals surface area (Å²) in [6.07, 6.45) is 3.39. The van der Waals surface area contributed by atoms with Crippen LogP contribution in [0.15, 0.2) is 47.9 Å². The van der Waals surface area contributed by atoms with Crippen LogP contribution in [-0.4, -0.2) is 26.2 Å². The first kappa shape index (κ1) is 19.3. The van der Waals surface area contributed by atoms with Gasteiger partial charge in [-0.2, -0.15) is 0 Å². The summed E-state index contributed by atoms with van der Waals surface area (Å²) in [5.74, 6) is 0.931. The lowest BCUT2D eigenvalue weighted by Crippen LogP contribution is -2.08. The maximum atomic E-state index is 11.4. The molecule has 0 aliphatic rings. The number of ether oxygens (including phenoxy) is 4. The van der Waals surface area contributed by atoms with E-state index in [1.807, 2.05) is 0 Å². The highest BCUT2D eigenvalue weighted by atomic mass is 16.5.